The molecule has 1 aromatic rings. The number of nitrogens with zero attached hydrogens (tertiary/aromatic N) is 3. The van der Waals surface area contributed by atoms with Crippen molar-refractivity contribution in [1.29, 1.82) is 0 Å². The Bertz CT molecular complexity index is 532. The molecule has 1 atom stereocenters. The van der Waals surface area contributed by atoms with Crippen LogP contribution in [0.4, 0.5) is 17.5 Å². The molecule has 0 aliphatic carbocycles. The Balaban J connectivity index is 2.33. The number of nitro groups is 1. The highest BCUT2D eigenvalue weighted by Crippen LogP contribution is 2.27. The predicted molar refractivity (Wildman–Crippen MR) is 68.0 cm³/mol. The molecule has 0 bridgehead atoms. The first-order chi connectivity index (χ1) is 9.01. The number of hydrogen-bond donors (Lipinski definition) is 3. The summed E-state index contributed by atoms with van der Waals surface area (Å²) >= 11 is 0. The maximum absolute atomic E-state index is 11.1. The third kappa shape index (κ3) is 2.69. The van der Waals surface area contributed by atoms with Crippen LogP contribution in [-0.2, 0) is 4.79 Å². The minimum atomic E-state index is -0.526. The number of nitrogens with one attached hydrogen (secondary N) is 3. The van der Waals surface area contributed by atoms with Gasteiger partial charge in [0.2, 0.25) is 17.7 Å². The fourth-order valence-electron chi connectivity index (χ4n) is 1.90. The van der Waals surface area contributed by atoms with E-state index in [2.05, 4.69) is 25.9 Å². The molecule has 1 aliphatic heterocycles. The van der Waals surface area contributed by atoms with Gasteiger partial charge >= 0.3 is 5.69 Å². The number of amides is 1. The average molecular weight is 266 g/mol. The first-order valence-corrected chi connectivity index (χ1v) is 5.75. The second-order valence-corrected chi connectivity index (χ2v) is 4.19. The van der Waals surface area contributed by atoms with Gasteiger partial charge in [-0.05, 0) is 6.92 Å². The molecule has 102 valence electrons. The van der Waals surface area contributed by atoms with Gasteiger partial charge in [-0.3, -0.25) is 14.9 Å². The summed E-state index contributed by atoms with van der Waals surface area (Å²) < 4.78 is 0. The molecule has 1 aliphatic rings. The normalized spacial score (nSPS) is 18.0. The van der Waals surface area contributed by atoms with Gasteiger partial charge in [-0.1, -0.05) is 0 Å². The maximum atomic E-state index is 11.1. The van der Waals surface area contributed by atoms with E-state index in [4.69, 9.17) is 0 Å². The molecule has 1 unspecified atom stereocenters. The molecular formula is C10H14N6O3. The van der Waals surface area contributed by atoms with Crippen molar-refractivity contribution in [2.75, 3.05) is 24.2 Å². The van der Waals surface area contributed by atoms with Crippen LogP contribution in [0.5, 0.6) is 0 Å². The summed E-state index contributed by atoms with van der Waals surface area (Å²) in [6.45, 7) is 1.97. The van der Waals surface area contributed by atoms with E-state index >= 15 is 0 Å². The molecule has 0 radical (unpaired) electrons. The smallest absolute Gasteiger partial charge is 0.332 e. The van der Waals surface area contributed by atoms with Crippen molar-refractivity contribution in [3.63, 3.8) is 0 Å². The summed E-state index contributed by atoms with van der Waals surface area (Å²) in [5, 5.41) is 19.4. The molecule has 1 fully saturated rings. The highest BCUT2D eigenvalue weighted by Gasteiger charge is 2.27. The number of anilines is 2. The lowest BCUT2D eigenvalue weighted by Crippen LogP contribution is -2.24. The van der Waals surface area contributed by atoms with E-state index in [1.54, 1.807) is 14.0 Å². The van der Waals surface area contributed by atoms with Gasteiger partial charge in [-0.2, -0.15) is 4.98 Å². The van der Waals surface area contributed by atoms with E-state index in [0.717, 1.165) is 0 Å². The Morgan fingerprint density at radius 3 is 2.74 bits per heavy atom. The molecule has 9 nitrogen and oxygen atoms in total. The highest BCUT2D eigenvalue weighted by molar-refractivity contribution is 5.80. The van der Waals surface area contributed by atoms with Gasteiger partial charge < -0.3 is 16.0 Å². The van der Waals surface area contributed by atoms with Crippen molar-refractivity contribution >= 4 is 23.4 Å². The fourth-order valence-corrected chi connectivity index (χ4v) is 1.90. The van der Waals surface area contributed by atoms with E-state index in [9.17, 15) is 14.9 Å². The molecule has 1 amide bonds. The molecule has 0 aromatic carbocycles. The topological polar surface area (TPSA) is 122 Å². The summed E-state index contributed by atoms with van der Waals surface area (Å²) in [4.78, 5) is 29.7. The standard InChI is InChI=1S/C10H14N6O3/c1-5-8(16(18)19)9(15-10(11-2)13-5)14-6-3-7(17)12-4-6/h6H,3-4H2,1-2H3,(H,12,17)(H2,11,13,14,15). The quantitative estimate of drug-likeness (QED) is 0.519. The number of carbonyl (C=O) groups is 1. The molecule has 0 saturated carbocycles. The fraction of sp³-hybridized carbons (Fsp3) is 0.500. The van der Waals surface area contributed by atoms with E-state index in [1.165, 1.54) is 0 Å². The second-order valence-electron chi connectivity index (χ2n) is 4.19. The zero-order valence-corrected chi connectivity index (χ0v) is 10.6. The van der Waals surface area contributed by atoms with Gasteiger partial charge in [0.25, 0.3) is 0 Å². The highest BCUT2D eigenvalue weighted by atomic mass is 16.6. The molecule has 19 heavy (non-hydrogen) atoms. The predicted octanol–water partition coefficient (Wildman–Crippen LogP) is 0.0353. The van der Waals surface area contributed by atoms with Crippen molar-refractivity contribution in [1.82, 2.24) is 15.3 Å². The minimum absolute atomic E-state index is 0.0835. The third-order valence-electron chi connectivity index (χ3n) is 2.78. The zero-order chi connectivity index (χ0) is 14.0. The summed E-state index contributed by atoms with van der Waals surface area (Å²) in [7, 11) is 1.63. The van der Waals surface area contributed by atoms with Crippen molar-refractivity contribution in [2.24, 2.45) is 0 Å². The molecule has 1 aromatic heterocycles. The Morgan fingerprint density at radius 2 is 2.21 bits per heavy atom. The Kier molecular flexibility index (Phi) is 3.45. The van der Waals surface area contributed by atoms with Gasteiger partial charge in [0.15, 0.2) is 0 Å². The average Bonchev–Trinajstić information content (AvgIpc) is 2.73. The number of hydrogen-bond acceptors (Lipinski definition) is 7. The van der Waals surface area contributed by atoms with E-state index < -0.39 is 4.92 Å². The van der Waals surface area contributed by atoms with Crippen LogP contribution in [0.3, 0.4) is 0 Å². The summed E-state index contributed by atoms with van der Waals surface area (Å²) in [5.74, 6) is 0.339. The Morgan fingerprint density at radius 1 is 1.47 bits per heavy atom. The number of aromatic nitrogens is 2. The number of rotatable bonds is 4. The molecular weight excluding hydrogens is 252 g/mol. The van der Waals surface area contributed by atoms with Gasteiger partial charge in [-0.15, -0.1) is 0 Å². The van der Waals surface area contributed by atoms with E-state index in [-0.39, 0.29) is 35.6 Å². The van der Waals surface area contributed by atoms with Crippen LogP contribution in [-0.4, -0.2) is 40.4 Å². The lowest BCUT2D eigenvalue weighted by Gasteiger charge is -2.13. The molecule has 9 heteroatoms. The van der Waals surface area contributed by atoms with E-state index in [0.29, 0.717) is 12.5 Å². The van der Waals surface area contributed by atoms with Crippen molar-refractivity contribution in [3.8, 4) is 0 Å². The van der Waals surface area contributed by atoms with Gasteiger partial charge in [0.1, 0.15) is 5.69 Å². The maximum Gasteiger partial charge on any atom is 0.332 e. The molecule has 3 N–H and O–H groups in total. The summed E-state index contributed by atoms with van der Waals surface area (Å²) in [6, 6.07) is -0.204. The molecule has 0 spiro atoms. The Labute approximate surface area is 109 Å². The van der Waals surface area contributed by atoms with Gasteiger partial charge in [0, 0.05) is 20.0 Å². The number of aryl methyl sites for hydroxylation is 1. The van der Waals surface area contributed by atoms with Crippen LogP contribution >= 0.6 is 0 Å². The zero-order valence-electron chi connectivity index (χ0n) is 10.6. The van der Waals surface area contributed by atoms with Crippen LogP contribution in [0.1, 0.15) is 12.1 Å². The largest absolute Gasteiger partial charge is 0.359 e. The van der Waals surface area contributed by atoms with Crippen molar-refractivity contribution < 1.29 is 9.72 Å². The lowest BCUT2D eigenvalue weighted by atomic mass is 10.2. The summed E-state index contributed by atoms with van der Waals surface area (Å²) in [5.41, 5.74) is 0.0995. The van der Waals surface area contributed by atoms with Gasteiger partial charge in [0.05, 0.1) is 11.0 Å². The Hall–Kier alpha value is -2.45. The number of carbonyl (C=O) groups excluding carboxylic acids is 1. The summed E-state index contributed by atoms with van der Waals surface area (Å²) in [6.07, 6.45) is 0.273. The van der Waals surface area contributed by atoms with Crippen molar-refractivity contribution in [3.05, 3.63) is 15.8 Å². The lowest BCUT2D eigenvalue weighted by molar-refractivity contribution is -0.385. The first kappa shape index (κ1) is 13.0. The second kappa shape index (κ2) is 5.04. The van der Waals surface area contributed by atoms with Crippen LogP contribution in [0.25, 0.3) is 0 Å². The van der Waals surface area contributed by atoms with Crippen LogP contribution in [0.2, 0.25) is 0 Å². The molecule has 1 saturated heterocycles. The first-order valence-electron chi connectivity index (χ1n) is 5.75. The third-order valence-corrected chi connectivity index (χ3v) is 2.78. The van der Waals surface area contributed by atoms with E-state index in [1.807, 2.05) is 0 Å². The van der Waals surface area contributed by atoms with Gasteiger partial charge in [-0.25, -0.2) is 4.98 Å². The minimum Gasteiger partial charge on any atom is -0.359 e. The van der Waals surface area contributed by atoms with Crippen molar-refractivity contribution in [2.45, 2.75) is 19.4 Å². The SMILES string of the molecule is CNc1nc(C)c([N+](=O)[O-])c(NC2CNC(=O)C2)n1. The molecule has 2 heterocycles. The monoisotopic (exact) mass is 266 g/mol. The molecule has 2 rings (SSSR count). The van der Waals surface area contributed by atoms with Crippen LogP contribution < -0.4 is 16.0 Å². The van der Waals surface area contributed by atoms with Crippen LogP contribution in [0.15, 0.2) is 0 Å². The van der Waals surface area contributed by atoms with Crippen LogP contribution in [0, 0.1) is 17.0 Å².